The average molecular weight is 389 g/mol. The van der Waals surface area contributed by atoms with Gasteiger partial charge in [0.2, 0.25) is 5.91 Å². The summed E-state index contributed by atoms with van der Waals surface area (Å²) in [7, 11) is 3.07. The van der Waals surface area contributed by atoms with Crippen molar-refractivity contribution in [1.82, 2.24) is 16.2 Å². The van der Waals surface area contributed by atoms with Gasteiger partial charge in [0.1, 0.15) is 0 Å². The average Bonchev–Trinajstić information content (AvgIpc) is 2.74. The van der Waals surface area contributed by atoms with Crippen LogP contribution in [-0.4, -0.2) is 38.5 Å². The smallest absolute Gasteiger partial charge is 0.262 e. The minimum atomic E-state index is -0.498. The molecule has 1 aliphatic carbocycles. The Morgan fingerprint density at radius 1 is 1.04 bits per heavy atom. The number of nitrogens with one attached hydrogen (secondary N) is 3. The van der Waals surface area contributed by atoms with Gasteiger partial charge in [0.05, 0.1) is 20.8 Å². The molecule has 2 rings (SSSR count). The Balaban J connectivity index is 1.73. The molecule has 1 aromatic carbocycles. The fourth-order valence-electron chi connectivity index (χ4n) is 3.02. The highest BCUT2D eigenvalue weighted by molar-refractivity contribution is 5.93. The number of ether oxygens (including phenoxy) is 2. The Morgan fingerprint density at radius 3 is 2.43 bits per heavy atom. The van der Waals surface area contributed by atoms with Crippen LogP contribution in [0.25, 0.3) is 6.08 Å². The van der Waals surface area contributed by atoms with Crippen LogP contribution < -0.4 is 25.6 Å². The molecule has 0 saturated heterocycles. The Bertz CT molecular complexity index is 727. The van der Waals surface area contributed by atoms with Crippen molar-refractivity contribution in [3.8, 4) is 11.5 Å². The normalized spacial score (nSPS) is 14.4. The van der Waals surface area contributed by atoms with Gasteiger partial charge < -0.3 is 14.8 Å². The molecule has 3 amide bonds. The molecular weight excluding hydrogens is 362 g/mol. The van der Waals surface area contributed by atoms with Gasteiger partial charge in [-0.15, -0.1) is 0 Å². The van der Waals surface area contributed by atoms with Crippen molar-refractivity contribution < 1.29 is 23.9 Å². The number of carbonyl (C=O) groups excluding carboxylic acids is 3. The highest BCUT2D eigenvalue weighted by Gasteiger charge is 2.21. The Kier molecular flexibility index (Phi) is 8.33. The van der Waals surface area contributed by atoms with Crippen molar-refractivity contribution in [1.29, 1.82) is 0 Å². The first kappa shape index (κ1) is 21.3. The van der Waals surface area contributed by atoms with Crippen LogP contribution in [-0.2, 0) is 14.4 Å². The van der Waals surface area contributed by atoms with E-state index in [0.717, 1.165) is 37.7 Å². The van der Waals surface area contributed by atoms with Crippen LogP contribution in [0.4, 0.5) is 0 Å². The molecule has 152 valence electrons. The Morgan fingerprint density at radius 2 is 1.75 bits per heavy atom. The molecule has 0 atom stereocenters. The number of methoxy groups -OCH3 is 2. The molecular formula is C20H27N3O5. The summed E-state index contributed by atoms with van der Waals surface area (Å²) in [6.07, 6.45) is 7.85. The molecule has 1 saturated carbocycles. The van der Waals surface area contributed by atoms with Crippen LogP contribution in [0.1, 0.15) is 37.7 Å². The first-order valence-electron chi connectivity index (χ1n) is 9.30. The molecule has 0 unspecified atom stereocenters. The summed E-state index contributed by atoms with van der Waals surface area (Å²) in [6.45, 7) is -0.172. The third-order valence-corrected chi connectivity index (χ3v) is 4.56. The zero-order chi connectivity index (χ0) is 20.4. The van der Waals surface area contributed by atoms with Crippen LogP contribution >= 0.6 is 0 Å². The molecule has 0 spiro atoms. The zero-order valence-electron chi connectivity index (χ0n) is 16.2. The topological polar surface area (TPSA) is 106 Å². The second-order valence-corrected chi connectivity index (χ2v) is 6.54. The summed E-state index contributed by atoms with van der Waals surface area (Å²) < 4.78 is 10.4. The van der Waals surface area contributed by atoms with Crippen molar-refractivity contribution in [2.24, 2.45) is 5.92 Å². The van der Waals surface area contributed by atoms with E-state index in [0.29, 0.717) is 11.5 Å². The van der Waals surface area contributed by atoms with Crippen LogP contribution in [0, 0.1) is 5.92 Å². The second kappa shape index (κ2) is 11.0. The van der Waals surface area contributed by atoms with E-state index in [2.05, 4.69) is 16.2 Å². The molecule has 1 aliphatic rings. The molecule has 0 bridgehead atoms. The molecule has 8 nitrogen and oxygen atoms in total. The molecule has 1 aromatic rings. The van der Waals surface area contributed by atoms with E-state index < -0.39 is 11.8 Å². The van der Waals surface area contributed by atoms with Crippen molar-refractivity contribution in [3.05, 3.63) is 29.8 Å². The lowest BCUT2D eigenvalue weighted by Crippen LogP contribution is -2.46. The number of rotatable bonds is 7. The maximum Gasteiger partial charge on any atom is 0.262 e. The summed E-state index contributed by atoms with van der Waals surface area (Å²) in [5.41, 5.74) is 5.28. The van der Waals surface area contributed by atoms with Gasteiger partial charge in [0.25, 0.3) is 11.8 Å². The molecule has 3 N–H and O–H groups in total. The van der Waals surface area contributed by atoms with Gasteiger partial charge in [-0.1, -0.05) is 25.3 Å². The monoisotopic (exact) mass is 389 g/mol. The fourth-order valence-corrected chi connectivity index (χ4v) is 3.02. The van der Waals surface area contributed by atoms with E-state index in [-0.39, 0.29) is 18.4 Å². The predicted octanol–water partition coefficient (Wildman–Crippen LogP) is 1.56. The van der Waals surface area contributed by atoms with Gasteiger partial charge in [-0.05, 0) is 36.6 Å². The minimum Gasteiger partial charge on any atom is -0.493 e. The Hall–Kier alpha value is -3.03. The fraction of sp³-hybridized carbons (Fsp3) is 0.450. The van der Waals surface area contributed by atoms with Crippen molar-refractivity contribution in [3.63, 3.8) is 0 Å². The first-order valence-corrected chi connectivity index (χ1v) is 9.30. The highest BCUT2D eigenvalue weighted by atomic mass is 16.5. The molecule has 0 radical (unpaired) electrons. The van der Waals surface area contributed by atoms with E-state index in [4.69, 9.17) is 9.47 Å². The third kappa shape index (κ3) is 6.61. The number of hydrogen-bond donors (Lipinski definition) is 3. The van der Waals surface area contributed by atoms with Gasteiger partial charge in [-0.3, -0.25) is 25.2 Å². The number of hydrogen-bond acceptors (Lipinski definition) is 5. The van der Waals surface area contributed by atoms with Gasteiger partial charge in [0.15, 0.2) is 11.5 Å². The zero-order valence-corrected chi connectivity index (χ0v) is 16.2. The molecule has 1 fully saturated rings. The SMILES string of the molecule is COc1ccc(C=CC(=O)NNC(=O)CNC(=O)C2CCCCC2)cc1OC. The van der Waals surface area contributed by atoms with Gasteiger partial charge in [0, 0.05) is 12.0 Å². The van der Waals surface area contributed by atoms with Crippen LogP contribution in [0.5, 0.6) is 11.5 Å². The van der Waals surface area contributed by atoms with Crippen LogP contribution in [0.3, 0.4) is 0 Å². The standard InChI is InChI=1S/C20H27N3O5/c1-27-16-10-8-14(12-17(16)28-2)9-11-18(24)22-23-19(25)13-21-20(26)15-6-4-3-5-7-15/h8-12,15H,3-7,13H2,1-2H3,(H,21,26)(H,22,24)(H,23,25). The quantitative estimate of drug-likeness (QED) is 0.485. The van der Waals surface area contributed by atoms with Crippen molar-refractivity contribution in [2.75, 3.05) is 20.8 Å². The number of carbonyl (C=O) groups is 3. The van der Waals surface area contributed by atoms with Crippen molar-refractivity contribution >= 4 is 23.8 Å². The van der Waals surface area contributed by atoms with E-state index in [1.165, 1.54) is 13.2 Å². The summed E-state index contributed by atoms with van der Waals surface area (Å²) in [4.78, 5) is 35.6. The lowest BCUT2D eigenvalue weighted by atomic mass is 9.89. The van der Waals surface area contributed by atoms with Gasteiger partial charge in [-0.25, -0.2) is 0 Å². The van der Waals surface area contributed by atoms with E-state index in [9.17, 15) is 14.4 Å². The number of hydrazine groups is 1. The molecule has 0 heterocycles. The molecule has 28 heavy (non-hydrogen) atoms. The van der Waals surface area contributed by atoms with Gasteiger partial charge >= 0.3 is 0 Å². The molecule has 8 heteroatoms. The number of benzene rings is 1. The van der Waals surface area contributed by atoms with E-state index in [1.807, 2.05) is 0 Å². The highest BCUT2D eigenvalue weighted by Crippen LogP contribution is 2.28. The Labute approximate surface area is 164 Å². The lowest BCUT2D eigenvalue weighted by molar-refractivity contribution is -0.130. The second-order valence-electron chi connectivity index (χ2n) is 6.54. The van der Waals surface area contributed by atoms with Crippen LogP contribution in [0.15, 0.2) is 24.3 Å². The lowest BCUT2D eigenvalue weighted by Gasteiger charge is -2.20. The van der Waals surface area contributed by atoms with Crippen LogP contribution in [0.2, 0.25) is 0 Å². The summed E-state index contributed by atoms with van der Waals surface area (Å²) >= 11 is 0. The van der Waals surface area contributed by atoms with E-state index >= 15 is 0 Å². The first-order chi connectivity index (χ1) is 13.5. The molecule has 0 aromatic heterocycles. The maximum atomic E-state index is 12.0. The largest absolute Gasteiger partial charge is 0.493 e. The minimum absolute atomic E-state index is 0.0134. The van der Waals surface area contributed by atoms with Gasteiger partial charge in [-0.2, -0.15) is 0 Å². The number of amides is 3. The van der Waals surface area contributed by atoms with Crippen molar-refractivity contribution in [2.45, 2.75) is 32.1 Å². The maximum absolute atomic E-state index is 12.0. The third-order valence-electron chi connectivity index (χ3n) is 4.56. The summed E-state index contributed by atoms with van der Waals surface area (Å²) in [6, 6.07) is 5.22. The summed E-state index contributed by atoms with van der Waals surface area (Å²) in [5, 5.41) is 2.61. The summed E-state index contributed by atoms with van der Waals surface area (Å²) in [5.74, 6) is 0.0348. The van der Waals surface area contributed by atoms with E-state index in [1.54, 1.807) is 31.4 Å². The molecule has 0 aliphatic heterocycles. The predicted molar refractivity (Wildman–Crippen MR) is 104 cm³/mol.